The van der Waals surface area contributed by atoms with Crippen LogP contribution in [0.1, 0.15) is 17.3 Å². The first-order valence-corrected chi connectivity index (χ1v) is 10.3. The summed E-state index contributed by atoms with van der Waals surface area (Å²) in [5.41, 5.74) is 0.753. The van der Waals surface area contributed by atoms with Crippen molar-refractivity contribution >= 4 is 52.4 Å². The first-order chi connectivity index (χ1) is 14.8. The number of anilines is 2. The summed E-state index contributed by atoms with van der Waals surface area (Å²) >= 11 is 7.12. The zero-order valence-electron chi connectivity index (χ0n) is 16.2. The van der Waals surface area contributed by atoms with E-state index in [9.17, 15) is 19.7 Å². The molecule has 1 heterocycles. The summed E-state index contributed by atoms with van der Waals surface area (Å²) in [5, 5.41) is 16.3. The number of hydrogen-bond acceptors (Lipinski definition) is 6. The molecule has 10 heteroatoms. The van der Waals surface area contributed by atoms with E-state index in [-0.39, 0.29) is 11.6 Å². The maximum atomic E-state index is 12.4. The van der Waals surface area contributed by atoms with Gasteiger partial charge in [0.1, 0.15) is 5.82 Å². The topological polar surface area (TPSA) is 114 Å². The molecule has 1 atom stereocenters. The first-order valence-electron chi connectivity index (χ1n) is 9.07. The Labute approximate surface area is 187 Å². The van der Waals surface area contributed by atoms with E-state index in [2.05, 4.69) is 15.6 Å². The molecule has 0 fully saturated rings. The Hall–Kier alpha value is -3.43. The Balaban J connectivity index is 1.61. The van der Waals surface area contributed by atoms with Crippen LogP contribution in [-0.4, -0.2) is 27.0 Å². The Bertz CT molecular complexity index is 1110. The number of benzene rings is 2. The molecule has 2 aromatic carbocycles. The van der Waals surface area contributed by atoms with Gasteiger partial charge < -0.3 is 10.6 Å². The van der Waals surface area contributed by atoms with E-state index < -0.39 is 16.1 Å². The number of aromatic nitrogens is 1. The van der Waals surface area contributed by atoms with Gasteiger partial charge in [0, 0.05) is 34.5 Å². The summed E-state index contributed by atoms with van der Waals surface area (Å²) in [4.78, 5) is 39.8. The molecule has 0 saturated carbocycles. The number of nitro groups is 1. The van der Waals surface area contributed by atoms with Gasteiger partial charge in [0.25, 0.3) is 11.6 Å². The summed E-state index contributed by atoms with van der Waals surface area (Å²) < 4.78 is 0. The van der Waals surface area contributed by atoms with Crippen LogP contribution in [0.15, 0.2) is 71.8 Å². The number of rotatable bonds is 7. The van der Waals surface area contributed by atoms with Crippen molar-refractivity contribution in [1.29, 1.82) is 0 Å². The lowest BCUT2D eigenvalue weighted by atomic mass is 10.2. The summed E-state index contributed by atoms with van der Waals surface area (Å²) in [5.74, 6) is -0.206. The number of non-ortho nitro benzene ring substituents is 1. The van der Waals surface area contributed by atoms with Crippen molar-refractivity contribution in [3.63, 3.8) is 0 Å². The minimum absolute atomic E-state index is 0.0870. The molecule has 0 aliphatic rings. The lowest BCUT2D eigenvalue weighted by Crippen LogP contribution is -2.22. The number of hydrogen-bond donors (Lipinski definition) is 2. The van der Waals surface area contributed by atoms with Crippen LogP contribution >= 0.6 is 23.4 Å². The Morgan fingerprint density at radius 3 is 2.48 bits per heavy atom. The van der Waals surface area contributed by atoms with Crippen LogP contribution in [0.25, 0.3) is 0 Å². The van der Waals surface area contributed by atoms with Crippen molar-refractivity contribution in [2.24, 2.45) is 0 Å². The van der Waals surface area contributed by atoms with Crippen molar-refractivity contribution < 1.29 is 14.5 Å². The van der Waals surface area contributed by atoms with Gasteiger partial charge in [-0.05, 0) is 49.4 Å². The lowest BCUT2D eigenvalue weighted by molar-refractivity contribution is -0.384. The molecule has 1 aromatic heterocycles. The minimum Gasteiger partial charge on any atom is -0.322 e. The number of nitrogens with one attached hydrogen (secondary N) is 2. The van der Waals surface area contributed by atoms with Gasteiger partial charge in [-0.3, -0.25) is 19.7 Å². The summed E-state index contributed by atoms with van der Waals surface area (Å²) in [7, 11) is 0. The van der Waals surface area contributed by atoms with Crippen molar-refractivity contribution in [3.05, 3.63) is 87.6 Å². The highest BCUT2D eigenvalue weighted by molar-refractivity contribution is 8.00. The van der Waals surface area contributed by atoms with Crippen LogP contribution in [0.2, 0.25) is 5.02 Å². The van der Waals surface area contributed by atoms with Crippen molar-refractivity contribution in [2.75, 3.05) is 10.6 Å². The molecule has 0 aliphatic carbocycles. The third kappa shape index (κ3) is 6.27. The summed E-state index contributed by atoms with van der Waals surface area (Å²) in [6.07, 6.45) is 1.45. The van der Waals surface area contributed by atoms with E-state index >= 15 is 0 Å². The third-order valence-electron chi connectivity index (χ3n) is 4.09. The van der Waals surface area contributed by atoms with Crippen LogP contribution in [-0.2, 0) is 4.79 Å². The fraction of sp³-hybridized carbons (Fsp3) is 0.0952. The molecule has 0 spiro atoms. The molecule has 8 nitrogen and oxygen atoms in total. The maximum Gasteiger partial charge on any atom is 0.269 e. The number of halogens is 1. The number of amides is 2. The molecule has 31 heavy (non-hydrogen) atoms. The molecule has 0 radical (unpaired) electrons. The smallest absolute Gasteiger partial charge is 0.269 e. The second kappa shape index (κ2) is 10.1. The Kier molecular flexibility index (Phi) is 7.22. The average Bonchev–Trinajstić information content (AvgIpc) is 2.75. The fourth-order valence-corrected chi connectivity index (χ4v) is 3.56. The van der Waals surface area contributed by atoms with Crippen LogP contribution in [0.3, 0.4) is 0 Å². The lowest BCUT2D eigenvalue weighted by Gasteiger charge is -2.13. The van der Waals surface area contributed by atoms with Crippen LogP contribution < -0.4 is 10.6 Å². The van der Waals surface area contributed by atoms with Crippen LogP contribution in [0.5, 0.6) is 0 Å². The van der Waals surface area contributed by atoms with Gasteiger partial charge in [-0.1, -0.05) is 17.7 Å². The monoisotopic (exact) mass is 456 g/mol. The molecule has 0 aliphatic heterocycles. The molecule has 0 saturated heterocycles. The number of carbonyl (C=O) groups is 2. The Morgan fingerprint density at radius 1 is 1.10 bits per heavy atom. The molecule has 1 unspecified atom stereocenters. The number of pyridine rings is 1. The van der Waals surface area contributed by atoms with Crippen molar-refractivity contribution in [1.82, 2.24) is 4.98 Å². The third-order valence-corrected chi connectivity index (χ3v) is 5.41. The molecule has 0 bridgehead atoms. The Morgan fingerprint density at radius 2 is 1.84 bits per heavy atom. The van der Waals surface area contributed by atoms with E-state index in [0.29, 0.717) is 22.1 Å². The summed E-state index contributed by atoms with van der Waals surface area (Å²) in [6, 6.07) is 15.6. The highest BCUT2D eigenvalue weighted by atomic mass is 35.5. The second-order valence-electron chi connectivity index (χ2n) is 6.40. The van der Waals surface area contributed by atoms with Gasteiger partial charge >= 0.3 is 0 Å². The van der Waals surface area contributed by atoms with E-state index in [1.54, 1.807) is 37.3 Å². The van der Waals surface area contributed by atoms with E-state index in [1.807, 2.05) is 6.07 Å². The normalized spacial score (nSPS) is 11.4. The van der Waals surface area contributed by atoms with Gasteiger partial charge in [-0.2, -0.15) is 0 Å². The number of thioether (sulfide) groups is 1. The highest BCUT2D eigenvalue weighted by Gasteiger charge is 2.16. The van der Waals surface area contributed by atoms with Crippen molar-refractivity contribution in [2.45, 2.75) is 17.1 Å². The molecule has 158 valence electrons. The average molecular weight is 457 g/mol. The number of carbonyl (C=O) groups excluding carboxylic acids is 2. The molecular formula is C21H17ClN4O4S. The van der Waals surface area contributed by atoms with Gasteiger partial charge in [0.2, 0.25) is 5.91 Å². The molecule has 3 aromatic rings. The van der Waals surface area contributed by atoms with Crippen LogP contribution in [0.4, 0.5) is 17.2 Å². The summed E-state index contributed by atoms with van der Waals surface area (Å²) in [6.45, 7) is 1.76. The highest BCUT2D eigenvalue weighted by Crippen LogP contribution is 2.27. The zero-order chi connectivity index (χ0) is 22.4. The molecule has 2 N–H and O–H groups in total. The van der Waals surface area contributed by atoms with Gasteiger partial charge in [-0.25, -0.2) is 4.98 Å². The molecular weight excluding hydrogens is 440 g/mol. The second-order valence-corrected chi connectivity index (χ2v) is 8.25. The molecule has 2 amide bonds. The SMILES string of the molecule is CC(Sc1cccc(NC(=O)c2ccc([N+](=O)[O-])cc2)c1)C(=O)Nc1ccc(Cl)cn1. The number of nitro benzene ring substituents is 1. The van der Waals surface area contributed by atoms with Gasteiger partial charge in [0.15, 0.2) is 0 Å². The van der Waals surface area contributed by atoms with E-state index in [0.717, 1.165) is 4.90 Å². The van der Waals surface area contributed by atoms with E-state index in [1.165, 1.54) is 42.2 Å². The van der Waals surface area contributed by atoms with Crippen LogP contribution in [0, 0.1) is 10.1 Å². The van der Waals surface area contributed by atoms with Gasteiger partial charge in [-0.15, -0.1) is 11.8 Å². The maximum absolute atomic E-state index is 12.4. The quantitative estimate of drug-likeness (QED) is 0.293. The standard InChI is InChI=1S/C21H17ClN4O4S/c1-13(20(27)25-19-10-7-15(22)12-23-19)31-18-4-2-3-16(11-18)24-21(28)14-5-8-17(9-6-14)26(29)30/h2-13H,1H3,(H,24,28)(H,23,25,27). The predicted molar refractivity (Wildman–Crippen MR) is 121 cm³/mol. The predicted octanol–water partition coefficient (Wildman–Crippen LogP) is 5.01. The fourth-order valence-electron chi connectivity index (χ4n) is 2.52. The van der Waals surface area contributed by atoms with E-state index in [4.69, 9.17) is 11.6 Å². The molecule has 3 rings (SSSR count). The largest absolute Gasteiger partial charge is 0.322 e. The minimum atomic E-state index is -0.525. The first kappa shape index (κ1) is 22.3. The van der Waals surface area contributed by atoms with Crippen molar-refractivity contribution in [3.8, 4) is 0 Å². The van der Waals surface area contributed by atoms with Gasteiger partial charge in [0.05, 0.1) is 15.2 Å². The zero-order valence-corrected chi connectivity index (χ0v) is 17.8. The number of nitrogens with zero attached hydrogens (tertiary/aromatic N) is 2.